The van der Waals surface area contributed by atoms with E-state index in [0.29, 0.717) is 5.92 Å². The molecule has 1 heterocycles. The first-order valence-electron chi connectivity index (χ1n) is 6.39. The number of unbranched alkanes of at least 4 members (excludes halogenated alkanes) is 3. The lowest BCUT2D eigenvalue weighted by Crippen LogP contribution is -1.99. The van der Waals surface area contributed by atoms with E-state index in [1.54, 1.807) is 0 Å². The highest BCUT2D eigenvalue weighted by Crippen LogP contribution is 2.30. The van der Waals surface area contributed by atoms with Crippen molar-refractivity contribution in [3.63, 3.8) is 0 Å². The molecule has 1 unspecified atom stereocenters. The number of hydrogen-bond acceptors (Lipinski definition) is 1. The lowest BCUT2D eigenvalue weighted by atomic mass is 9.92. The van der Waals surface area contributed by atoms with Crippen LogP contribution >= 0.6 is 15.9 Å². The van der Waals surface area contributed by atoms with Gasteiger partial charge in [0.1, 0.15) is 0 Å². The Hall–Kier alpha value is -0.370. The van der Waals surface area contributed by atoms with Crippen molar-refractivity contribution in [1.82, 2.24) is 4.98 Å². The van der Waals surface area contributed by atoms with Crippen LogP contribution in [-0.4, -0.2) is 4.98 Å². The summed E-state index contributed by atoms with van der Waals surface area (Å²) in [5.41, 5.74) is 1.38. The fourth-order valence-corrected chi connectivity index (χ4v) is 2.63. The molecule has 0 radical (unpaired) electrons. The fourth-order valence-electron chi connectivity index (χ4n) is 2.09. The van der Waals surface area contributed by atoms with Crippen molar-refractivity contribution in [2.45, 2.75) is 58.3 Å². The highest BCUT2D eigenvalue weighted by atomic mass is 79.9. The molecule has 0 spiro atoms. The van der Waals surface area contributed by atoms with Gasteiger partial charge in [-0.3, -0.25) is 4.98 Å². The number of rotatable bonds is 7. The molecule has 0 aromatic carbocycles. The van der Waals surface area contributed by atoms with Crippen LogP contribution in [-0.2, 0) is 0 Å². The van der Waals surface area contributed by atoms with Gasteiger partial charge in [-0.2, -0.15) is 0 Å². The van der Waals surface area contributed by atoms with Crippen LogP contribution < -0.4 is 0 Å². The smallest absolute Gasteiger partial charge is 0.0313 e. The van der Waals surface area contributed by atoms with Gasteiger partial charge in [0.2, 0.25) is 0 Å². The molecule has 1 aromatic rings. The van der Waals surface area contributed by atoms with Crippen LogP contribution in [0.15, 0.2) is 22.9 Å². The van der Waals surface area contributed by atoms with Crippen molar-refractivity contribution in [3.05, 3.63) is 28.5 Å². The van der Waals surface area contributed by atoms with Crippen molar-refractivity contribution in [3.8, 4) is 0 Å². The molecule has 0 bridgehead atoms. The topological polar surface area (TPSA) is 12.9 Å². The van der Waals surface area contributed by atoms with E-state index in [-0.39, 0.29) is 0 Å². The zero-order valence-corrected chi connectivity index (χ0v) is 12.0. The molecule has 1 atom stereocenters. The summed E-state index contributed by atoms with van der Waals surface area (Å²) in [5, 5.41) is 0. The van der Waals surface area contributed by atoms with E-state index >= 15 is 0 Å². The third kappa shape index (κ3) is 4.25. The average molecular weight is 284 g/mol. The minimum absolute atomic E-state index is 0.667. The van der Waals surface area contributed by atoms with E-state index < -0.39 is 0 Å². The second kappa shape index (κ2) is 7.83. The Labute approximate surface area is 108 Å². The van der Waals surface area contributed by atoms with E-state index in [1.807, 2.05) is 18.5 Å². The second-order valence-corrected chi connectivity index (χ2v) is 5.21. The Kier molecular flexibility index (Phi) is 6.70. The van der Waals surface area contributed by atoms with Crippen LogP contribution in [0.1, 0.15) is 63.9 Å². The maximum Gasteiger partial charge on any atom is 0.0313 e. The highest BCUT2D eigenvalue weighted by molar-refractivity contribution is 9.10. The fraction of sp³-hybridized carbons (Fsp3) is 0.643. The zero-order chi connectivity index (χ0) is 11.8. The molecule has 0 aliphatic carbocycles. The largest absolute Gasteiger partial charge is 0.264 e. The van der Waals surface area contributed by atoms with E-state index in [9.17, 15) is 0 Å². The van der Waals surface area contributed by atoms with E-state index in [4.69, 9.17) is 0 Å². The SMILES string of the molecule is CCCCCCC(CC)c1cnccc1Br. The van der Waals surface area contributed by atoms with E-state index in [0.717, 1.165) is 0 Å². The van der Waals surface area contributed by atoms with Crippen molar-refractivity contribution >= 4 is 15.9 Å². The molecule has 0 saturated carbocycles. The highest BCUT2D eigenvalue weighted by Gasteiger charge is 2.12. The summed E-state index contributed by atoms with van der Waals surface area (Å²) in [7, 11) is 0. The van der Waals surface area contributed by atoms with Gasteiger partial charge < -0.3 is 0 Å². The second-order valence-electron chi connectivity index (χ2n) is 4.35. The summed E-state index contributed by atoms with van der Waals surface area (Å²) < 4.78 is 1.21. The molecule has 1 nitrogen and oxygen atoms in total. The maximum absolute atomic E-state index is 4.23. The van der Waals surface area contributed by atoms with Gasteiger partial charge >= 0.3 is 0 Å². The Morgan fingerprint density at radius 3 is 2.69 bits per heavy atom. The molecule has 90 valence electrons. The van der Waals surface area contributed by atoms with Gasteiger partial charge in [0.15, 0.2) is 0 Å². The summed E-state index contributed by atoms with van der Waals surface area (Å²) >= 11 is 3.62. The van der Waals surface area contributed by atoms with E-state index in [2.05, 4.69) is 34.8 Å². The van der Waals surface area contributed by atoms with Gasteiger partial charge in [-0.05, 0) is 30.4 Å². The van der Waals surface area contributed by atoms with Gasteiger partial charge in [0, 0.05) is 16.9 Å². The number of nitrogens with zero attached hydrogens (tertiary/aromatic N) is 1. The molecule has 0 saturated heterocycles. The van der Waals surface area contributed by atoms with Crippen molar-refractivity contribution in [2.24, 2.45) is 0 Å². The van der Waals surface area contributed by atoms with Gasteiger partial charge in [-0.25, -0.2) is 0 Å². The first-order chi connectivity index (χ1) is 7.79. The van der Waals surface area contributed by atoms with Gasteiger partial charge in [0.25, 0.3) is 0 Å². The monoisotopic (exact) mass is 283 g/mol. The number of hydrogen-bond donors (Lipinski definition) is 0. The lowest BCUT2D eigenvalue weighted by molar-refractivity contribution is 0.540. The Bertz CT molecular complexity index is 299. The molecule has 0 fully saturated rings. The molecular weight excluding hydrogens is 262 g/mol. The first kappa shape index (κ1) is 13.7. The van der Waals surface area contributed by atoms with Crippen LogP contribution in [0.2, 0.25) is 0 Å². The van der Waals surface area contributed by atoms with Crippen LogP contribution in [0.25, 0.3) is 0 Å². The summed E-state index contributed by atoms with van der Waals surface area (Å²) in [5.74, 6) is 0.667. The normalized spacial score (nSPS) is 12.7. The summed E-state index contributed by atoms with van der Waals surface area (Å²) in [6, 6.07) is 2.05. The maximum atomic E-state index is 4.23. The van der Waals surface area contributed by atoms with Gasteiger partial charge in [-0.15, -0.1) is 0 Å². The average Bonchev–Trinajstić information content (AvgIpc) is 2.31. The number of aromatic nitrogens is 1. The standard InChI is InChI=1S/C14H22BrN/c1-3-5-6-7-8-12(4-2)13-11-16-10-9-14(13)15/h9-12H,3-8H2,1-2H3. The number of halogens is 1. The molecule has 1 rings (SSSR count). The third-order valence-electron chi connectivity index (χ3n) is 3.14. The third-order valence-corrected chi connectivity index (χ3v) is 3.86. The van der Waals surface area contributed by atoms with E-state index in [1.165, 1.54) is 48.6 Å². The molecule has 2 heteroatoms. The molecule has 0 aliphatic heterocycles. The molecule has 0 aliphatic rings. The lowest BCUT2D eigenvalue weighted by Gasteiger charge is -2.16. The van der Waals surface area contributed by atoms with Crippen molar-refractivity contribution < 1.29 is 0 Å². The first-order valence-corrected chi connectivity index (χ1v) is 7.18. The summed E-state index contributed by atoms with van der Waals surface area (Å²) in [6.07, 6.45) is 11.7. The molecule has 0 amide bonds. The molecule has 1 aromatic heterocycles. The predicted molar refractivity (Wildman–Crippen MR) is 73.7 cm³/mol. The number of pyridine rings is 1. The van der Waals surface area contributed by atoms with Crippen LogP contribution in [0.5, 0.6) is 0 Å². The van der Waals surface area contributed by atoms with Crippen LogP contribution in [0, 0.1) is 0 Å². The molecule has 0 N–H and O–H groups in total. The zero-order valence-electron chi connectivity index (χ0n) is 10.4. The summed E-state index contributed by atoms with van der Waals surface area (Å²) in [6.45, 7) is 4.53. The minimum Gasteiger partial charge on any atom is -0.264 e. The summed E-state index contributed by atoms with van der Waals surface area (Å²) in [4.78, 5) is 4.23. The molecule has 16 heavy (non-hydrogen) atoms. The minimum atomic E-state index is 0.667. The Balaban J connectivity index is 2.51. The van der Waals surface area contributed by atoms with Gasteiger partial charge in [-0.1, -0.05) is 55.5 Å². The van der Waals surface area contributed by atoms with Crippen LogP contribution in [0.3, 0.4) is 0 Å². The molecular formula is C14H22BrN. The van der Waals surface area contributed by atoms with Gasteiger partial charge in [0.05, 0.1) is 0 Å². The Morgan fingerprint density at radius 1 is 1.25 bits per heavy atom. The van der Waals surface area contributed by atoms with Crippen molar-refractivity contribution in [1.29, 1.82) is 0 Å². The van der Waals surface area contributed by atoms with Crippen LogP contribution in [0.4, 0.5) is 0 Å². The predicted octanol–water partition coefficient (Wildman–Crippen LogP) is 5.31. The Morgan fingerprint density at radius 2 is 2.06 bits per heavy atom. The quantitative estimate of drug-likeness (QED) is 0.618. The van der Waals surface area contributed by atoms with Crippen molar-refractivity contribution in [2.75, 3.05) is 0 Å².